The molecule has 34 heavy (non-hydrogen) atoms. The Balaban J connectivity index is 1.22. The number of rotatable bonds is 7. The van der Waals surface area contributed by atoms with Gasteiger partial charge >= 0.3 is 0 Å². The lowest BCUT2D eigenvalue weighted by atomic mass is 9.92. The second-order valence-electron chi connectivity index (χ2n) is 9.45. The highest BCUT2D eigenvalue weighted by Crippen LogP contribution is 2.26. The van der Waals surface area contributed by atoms with Crippen LogP contribution in [0.4, 0.5) is 4.39 Å². The van der Waals surface area contributed by atoms with Crippen molar-refractivity contribution in [3.05, 3.63) is 77.6 Å². The van der Waals surface area contributed by atoms with Crippen molar-refractivity contribution in [2.24, 2.45) is 22.4 Å². The zero-order chi connectivity index (χ0) is 23.5. The molecule has 1 unspecified atom stereocenters. The van der Waals surface area contributed by atoms with Crippen molar-refractivity contribution in [2.75, 3.05) is 19.6 Å². The number of hydrogen-bond acceptors (Lipinski definition) is 6. The van der Waals surface area contributed by atoms with Crippen molar-refractivity contribution in [2.45, 2.75) is 37.9 Å². The van der Waals surface area contributed by atoms with E-state index >= 15 is 0 Å². The minimum Gasteiger partial charge on any atom is -0.398 e. The van der Waals surface area contributed by atoms with Crippen molar-refractivity contribution < 1.29 is 4.39 Å². The first-order valence-electron chi connectivity index (χ1n) is 12.0. The molecule has 5 rings (SSSR count). The molecule has 0 amide bonds. The number of para-hydroxylation sites is 2. The van der Waals surface area contributed by atoms with Crippen molar-refractivity contribution >= 4 is 17.4 Å². The van der Waals surface area contributed by atoms with E-state index in [4.69, 9.17) is 16.5 Å². The molecule has 2 aliphatic rings. The lowest BCUT2D eigenvalue weighted by molar-refractivity contribution is 0.169. The van der Waals surface area contributed by atoms with Crippen molar-refractivity contribution in [3.63, 3.8) is 0 Å². The topological polar surface area (TPSA) is 97.5 Å². The number of imidazole rings is 1. The Labute approximate surface area is 199 Å². The van der Waals surface area contributed by atoms with Crippen LogP contribution in [0.15, 0.2) is 65.4 Å². The lowest BCUT2D eigenvalue weighted by Crippen LogP contribution is -2.59. The van der Waals surface area contributed by atoms with Gasteiger partial charge in [-0.25, -0.2) is 14.4 Å². The van der Waals surface area contributed by atoms with Gasteiger partial charge in [0.05, 0.1) is 29.3 Å². The largest absolute Gasteiger partial charge is 0.398 e. The Hall–Kier alpha value is -3.23. The second kappa shape index (κ2) is 9.56. The SMILES string of the molecule is NC1=CN=CNC1(N)CCN1CCC(Cc2nc3ccccc3n2Cc2ccc(F)cc2)CC1. The van der Waals surface area contributed by atoms with Gasteiger partial charge in [-0.2, -0.15) is 0 Å². The molecule has 0 saturated carbocycles. The van der Waals surface area contributed by atoms with Crippen LogP contribution in [0.3, 0.4) is 0 Å². The first-order valence-corrected chi connectivity index (χ1v) is 12.0. The van der Waals surface area contributed by atoms with Gasteiger partial charge in [0, 0.05) is 25.9 Å². The molecule has 0 aliphatic carbocycles. The fourth-order valence-electron chi connectivity index (χ4n) is 4.92. The van der Waals surface area contributed by atoms with Crippen LogP contribution in [0.25, 0.3) is 11.0 Å². The van der Waals surface area contributed by atoms with Gasteiger partial charge in [0.1, 0.15) is 17.3 Å². The number of likely N-dealkylation sites (tertiary alicyclic amines) is 1. The number of benzene rings is 2. The fraction of sp³-hybridized carbons (Fsp3) is 0.385. The van der Waals surface area contributed by atoms with E-state index in [9.17, 15) is 4.39 Å². The lowest BCUT2D eigenvalue weighted by Gasteiger charge is -2.36. The number of nitrogens with two attached hydrogens (primary N) is 2. The van der Waals surface area contributed by atoms with Crippen LogP contribution < -0.4 is 16.8 Å². The predicted octanol–water partition coefficient (Wildman–Crippen LogP) is 2.95. The van der Waals surface area contributed by atoms with E-state index in [1.165, 1.54) is 12.1 Å². The third-order valence-electron chi connectivity index (χ3n) is 7.11. The normalized spacial score (nSPS) is 21.5. The average molecular weight is 462 g/mol. The first-order chi connectivity index (χ1) is 16.5. The molecule has 2 aromatic carbocycles. The Morgan fingerprint density at radius 2 is 1.85 bits per heavy atom. The molecule has 1 saturated heterocycles. The van der Waals surface area contributed by atoms with Gasteiger partial charge in [0.2, 0.25) is 0 Å². The molecule has 3 aromatic rings. The molecular formula is C26H32FN7. The van der Waals surface area contributed by atoms with Gasteiger partial charge in [-0.05, 0) is 61.7 Å². The van der Waals surface area contributed by atoms with E-state index in [-0.39, 0.29) is 5.82 Å². The van der Waals surface area contributed by atoms with Crippen LogP contribution in [0, 0.1) is 11.7 Å². The van der Waals surface area contributed by atoms with E-state index in [2.05, 4.69) is 31.9 Å². The van der Waals surface area contributed by atoms with E-state index < -0.39 is 5.66 Å². The second-order valence-corrected chi connectivity index (χ2v) is 9.45. The zero-order valence-electron chi connectivity index (χ0n) is 19.3. The Morgan fingerprint density at radius 1 is 1.09 bits per heavy atom. The highest BCUT2D eigenvalue weighted by molar-refractivity contribution is 5.76. The molecule has 8 heteroatoms. The van der Waals surface area contributed by atoms with Gasteiger partial charge in [0.15, 0.2) is 0 Å². The molecule has 1 fully saturated rings. The number of nitrogens with one attached hydrogen (secondary N) is 1. The predicted molar refractivity (Wildman–Crippen MR) is 134 cm³/mol. The third-order valence-corrected chi connectivity index (χ3v) is 7.11. The van der Waals surface area contributed by atoms with Crippen LogP contribution in [-0.2, 0) is 13.0 Å². The smallest absolute Gasteiger partial charge is 0.130 e. The van der Waals surface area contributed by atoms with Crippen molar-refractivity contribution in [1.29, 1.82) is 0 Å². The standard InChI is InChI=1S/C26H32FN7/c27-21-7-5-20(6-8-21)17-34-23-4-2-1-3-22(23)32-25(34)15-19-9-12-33(13-10-19)14-11-26(29)24(28)16-30-18-31-26/h1-8,16,18-19H,9-15,17,28-29H2,(H,30,31). The summed E-state index contributed by atoms with van der Waals surface area (Å²) in [6.07, 6.45) is 7.16. The molecular weight excluding hydrogens is 429 g/mol. The van der Waals surface area contributed by atoms with E-state index in [0.29, 0.717) is 18.2 Å². The number of fused-ring (bicyclic) bond motifs is 1. The summed E-state index contributed by atoms with van der Waals surface area (Å²) in [7, 11) is 0. The summed E-state index contributed by atoms with van der Waals surface area (Å²) in [6, 6.07) is 15.0. The van der Waals surface area contributed by atoms with Crippen LogP contribution in [-0.4, -0.2) is 46.1 Å². The molecule has 2 aliphatic heterocycles. The zero-order valence-corrected chi connectivity index (χ0v) is 19.3. The van der Waals surface area contributed by atoms with Crippen molar-refractivity contribution in [1.82, 2.24) is 19.8 Å². The summed E-state index contributed by atoms with van der Waals surface area (Å²) < 4.78 is 15.7. The van der Waals surface area contributed by atoms with Gasteiger partial charge < -0.3 is 26.3 Å². The van der Waals surface area contributed by atoms with Gasteiger partial charge in [-0.1, -0.05) is 24.3 Å². The highest BCUT2D eigenvalue weighted by atomic mass is 19.1. The summed E-state index contributed by atoms with van der Waals surface area (Å²) in [5.74, 6) is 1.48. The van der Waals surface area contributed by atoms with Gasteiger partial charge in [-0.3, -0.25) is 0 Å². The van der Waals surface area contributed by atoms with Crippen LogP contribution in [0.1, 0.15) is 30.7 Å². The monoisotopic (exact) mass is 461 g/mol. The number of nitrogens with zero attached hydrogens (tertiary/aromatic N) is 4. The summed E-state index contributed by atoms with van der Waals surface area (Å²) in [6.45, 7) is 3.66. The minimum absolute atomic E-state index is 0.210. The van der Waals surface area contributed by atoms with Crippen molar-refractivity contribution in [3.8, 4) is 0 Å². The number of hydrogen-bond donors (Lipinski definition) is 3. The molecule has 1 aromatic heterocycles. The number of aliphatic imine (C=N–C) groups is 1. The Kier molecular flexibility index (Phi) is 6.34. The minimum atomic E-state index is -0.718. The highest BCUT2D eigenvalue weighted by Gasteiger charge is 2.30. The Bertz CT molecular complexity index is 1190. The molecule has 178 valence electrons. The molecule has 5 N–H and O–H groups in total. The maximum Gasteiger partial charge on any atom is 0.130 e. The molecule has 1 atom stereocenters. The molecule has 7 nitrogen and oxygen atoms in total. The van der Waals surface area contributed by atoms with E-state index in [1.807, 2.05) is 24.3 Å². The maximum absolute atomic E-state index is 13.4. The van der Waals surface area contributed by atoms with Crippen LogP contribution in [0.5, 0.6) is 0 Å². The molecule has 0 radical (unpaired) electrons. The molecule has 3 heterocycles. The first kappa shape index (κ1) is 22.6. The summed E-state index contributed by atoms with van der Waals surface area (Å²) in [5, 5.41) is 3.10. The fourth-order valence-corrected chi connectivity index (χ4v) is 4.92. The maximum atomic E-state index is 13.4. The summed E-state index contributed by atoms with van der Waals surface area (Å²) in [4.78, 5) is 11.4. The van der Waals surface area contributed by atoms with Crippen LogP contribution >= 0.6 is 0 Å². The molecule has 0 bridgehead atoms. The average Bonchev–Trinajstić information content (AvgIpc) is 3.19. The van der Waals surface area contributed by atoms with E-state index in [1.54, 1.807) is 12.5 Å². The third kappa shape index (κ3) is 4.83. The number of aromatic nitrogens is 2. The number of halogens is 1. The van der Waals surface area contributed by atoms with Gasteiger partial charge in [0.25, 0.3) is 0 Å². The van der Waals surface area contributed by atoms with Gasteiger partial charge in [-0.15, -0.1) is 0 Å². The molecule has 0 spiro atoms. The number of piperidine rings is 1. The van der Waals surface area contributed by atoms with Crippen LogP contribution in [0.2, 0.25) is 0 Å². The summed E-state index contributed by atoms with van der Waals surface area (Å²) in [5.41, 5.74) is 15.5. The summed E-state index contributed by atoms with van der Waals surface area (Å²) >= 11 is 0. The van der Waals surface area contributed by atoms with E-state index in [0.717, 1.165) is 67.7 Å². The Morgan fingerprint density at radius 3 is 2.62 bits per heavy atom. The quantitative estimate of drug-likeness (QED) is 0.503.